The molecule has 0 spiro atoms. The van der Waals surface area contributed by atoms with Gasteiger partial charge in [0.15, 0.2) is 0 Å². The van der Waals surface area contributed by atoms with E-state index >= 15 is 0 Å². The van der Waals surface area contributed by atoms with Gasteiger partial charge in [0, 0.05) is 25.8 Å². The number of nitrogens with zero attached hydrogens (tertiary/aromatic N) is 2. The summed E-state index contributed by atoms with van der Waals surface area (Å²) in [4.78, 5) is 23.8. The van der Waals surface area contributed by atoms with Crippen molar-refractivity contribution in [1.82, 2.24) is 15.1 Å². The van der Waals surface area contributed by atoms with E-state index in [0.717, 1.165) is 32.1 Å². The van der Waals surface area contributed by atoms with E-state index in [1.165, 1.54) is 16.8 Å². The predicted octanol–water partition coefficient (Wildman–Crippen LogP) is 0.936. The second-order valence-electron chi connectivity index (χ2n) is 5.79. The topological polar surface area (TPSA) is 84.2 Å². The predicted molar refractivity (Wildman–Crippen MR) is 79.1 cm³/mol. The third-order valence-corrected chi connectivity index (χ3v) is 4.05. The largest absolute Gasteiger partial charge is 0.396 e. The zero-order chi connectivity index (χ0) is 15.3. The zero-order valence-electron chi connectivity index (χ0n) is 12.5. The SMILES string of the molecule is CCCCn1nc(C(=O)NCC2(CCO)CC2)ccc1=O. The van der Waals surface area contributed by atoms with Gasteiger partial charge in [0.25, 0.3) is 11.5 Å². The molecule has 1 aromatic heterocycles. The van der Waals surface area contributed by atoms with E-state index in [1.807, 2.05) is 6.92 Å². The minimum absolute atomic E-state index is 0.0705. The van der Waals surface area contributed by atoms with Crippen LogP contribution in [0.5, 0.6) is 0 Å². The molecular formula is C15H23N3O3. The van der Waals surface area contributed by atoms with E-state index in [0.29, 0.717) is 13.1 Å². The van der Waals surface area contributed by atoms with Crippen LogP contribution in [-0.4, -0.2) is 33.9 Å². The monoisotopic (exact) mass is 293 g/mol. The van der Waals surface area contributed by atoms with Crippen LogP contribution in [0.25, 0.3) is 0 Å². The summed E-state index contributed by atoms with van der Waals surface area (Å²) in [6.07, 6.45) is 4.62. The third kappa shape index (κ3) is 4.14. The molecule has 0 saturated heterocycles. The number of rotatable bonds is 8. The van der Waals surface area contributed by atoms with E-state index in [-0.39, 0.29) is 29.2 Å². The second kappa shape index (κ2) is 6.85. The molecule has 6 nitrogen and oxygen atoms in total. The van der Waals surface area contributed by atoms with Gasteiger partial charge in [-0.2, -0.15) is 5.10 Å². The second-order valence-corrected chi connectivity index (χ2v) is 5.79. The van der Waals surface area contributed by atoms with Crippen LogP contribution in [0.1, 0.15) is 49.5 Å². The number of nitrogens with one attached hydrogen (secondary N) is 1. The Morgan fingerprint density at radius 3 is 2.86 bits per heavy atom. The van der Waals surface area contributed by atoms with Crippen molar-refractivity contribution in [2.75, 3.05) is 13.2 Å². The Labute approximate surface area is 124 Å². The Morgan fingerprint density at radius 1 is 1.48 bits per heavy atom. The standard InChI is InChI=1S/C15H23N3O3/c1-2-3-9-18-13(20)5-4-12(17-18)14(21)16-11-15(6-7-15)8-10-19/h4-5,19H,2-3,6-11H2,1H3,(H,16,21). The highest BCUT2D eigenvalue weighted by Crippen LogP contribution is 2.47. The minimum Gasteiger partial charge on any atom is -0.396 e. The molecule has 1 saturated carbocycles. The number of carbonyl (C=O) groups excluding carboxylic acids is 1. The van der Waals surface area contributed by atoms with E-state index in [2.05, 4.69) is 10.4 Å². The Hall–Kier alpha value is -1.69. The van der Waals surface area contributed by atoms with Crippen LogP contribution >= 0.6 is 0 Å². The van der Waals surface area contributed by atoms with Crippen molar-refractivity contribution in [3.8, 4) is 0 Å². The number of carbonyl (C=O) groups is 1. The van der Waals surface area contributed by atoms with Crippen LogP contribution in [0.2, 0.25) is 0 Å². The Morgan fingerprint density at radius 2 is 2.24 bits per heavy atom. The van der Waals surface area contributed by atoms with Gasteiger partial charge >= 0.3 is 0 Å². The molecule has 0 bridgehead atoms. The molecule has 0 atom stereocenters. The van der Waals surface area contributed by atoms with Crippen LogP contribution in [0.15, 0.2) is 16.9 Å². The normalized spacial score (nSPS) is 15.7. The average molecular weight is 293 g/mol. The minimum atomic E-state index is -0.260. The van der Waals surface area contributed by atoms with Crippen molar-refractivity contribution in [1.29, 1.82) is 0 Å². The number of aliphatic hydroxyl groups excluding tert-OH is 1. The van der Waals surface area contributed by atoms with Gasteiger partial charge < -0.3 is 10.4 Å². The summed E-state index contributed by atoms with van der Waals surface area (Å²) < 4.78 is 1.35. The number of amides is 1. The lowest BCUT2D eigenvalue weighted by molar-refractivity contribution is 0.0933. The molecule has 0 aliphatic heterocycles. The van der Waals surface area contributed by atoms with Gasteiger partial charge in [0.2, 0.25) is 0 Å². The quantitative estimate of drug-likeness (QED) is 0.747. The Bertz CT molecular complexity index is 549. The van der Waals surface area contributed by atoms with Crippen LogP contribution < -0.4 is 10.9 Å². The fourth-order valence-electron chi connectivity index (χ4n) is 2.33. The number of aliphatic hydroxyl groups is 1. The van der Waals surface area contributed by atoms with Crippen molar-refractivity contribution >= 4 is 5.91 Å². The first-order valence-electron chi connectivity index (χ1n) is 7.57. The van der Waals surface area contributed by atoms with Gasteiger partial charge in [-0.15, -0.1) is 0 Å². The molecule has 1 heterocycles. The number of hydrogen-bond acceptors (Lipinski definition) is 4. The van der Waals surface area contributed by atoms with Gasteiger partial charge in [0.05, 0.1) is 0 Å². The van der Waals surface area contributed by atoms with E-state index in [4.69, 9.17) is 5.11 Å². The summed E-state index contributed by atoms with van der Waals surface area (Å²) in [6.45, 7) is 3.28. The van der Waals surface area contributed by atoms with E-state index in [1.54, 1.807) is 0 Å². The molecule has 0 aromatic carbocycles. The fraction of sp³-hybridized carbons (Fsp3) is 0.667. The van der Waals surface area contributed by atoms with Crippen molar-refractivity contribution < 1.29 is 9.90 Å². The molecule has 0 radical (unpaired) electrons. The molecule has 2 rings (SSSR count). The Balaban J connectivity index is 1.97. The van der Waals surface area contributed by atoms with E-state index in [9.17, 15) is 9.59 Å². The zero-order valence-corrected chi connectivity index (χ0v) is 12.5. The average Bonchev–Trinajstić information content (AvgIpc) is 3.24. The molecule has 1 aromatic rings. The molecular weight excluding hydrogens is 270 g/mol. The maximum absolute atomic E-state index is 12.1. The lowest BCUT2D eigenvalue weighted by atomic mass is 10.0. The van der Waals surface area contributed by atoms with Crippen molar-refractivity contribution in [2.45, 2.75) is 45.6 Å². The first-order valence-corrected chi connectivity index (χ1v) is 7.57. The van der Waals surface area contributed by atoms with Gasteiger partial charge in [0.1, 0.15) is 5.69 Å². The highest BCUT2D eigenvalue weighted by atomic mass is 16.3. The summed E-state index contributed by atoms with van der Waals surface area (Å²) in [5.74, 6) is -0.260. The number of hydrogen-bond donors (Lipinski definition) is 2. The molecule has 1 aliphatic rings. The number of unbranched alkanes of at least 4 members (excludes halogenated alkanes) is 1. The highest BCUT2D eigenvalue weighted by molar-refractivity contribution is 5.92. The summed E-state index contributed by atoms with van der Waals surface area (Å²) in [7, 11) is 0. The molecule has 6 heteroatoms. The van der Waals surface area contributed by atoms with Crippen molar-refractivity contribution in [2.24, 2.45) is 5.41 Å². The molecule has 1 fully saturated rings. The van der Waals surface area contributed by atoms with Gasteiger partial charge in [-0.1, -0.05) is 13.3 Å². The number of aryl methyl sites for hydroxylation is 1. The molecule has 0 unspecified atom stereocenters. The fourth-order valence-corrected chi connectivity index (χ4v) is 2.33. The first kappa shape index (κ1) is 15.7. The van der Waals surface area contributed by atoms with Gasteiger partial charge in [-0.25, -0.2) is 4.68 Å². The van der Waals surface area contributed by atoms with Gasteiger partial charge in [-0.05, 0) is 37.2 Å². The summed E-state index contributed by atoms with van der Waals surface area (Å²) in [5, 5.41) is 16.0. The number of aromatic nitrogens is 2. The third-order valence-electron chi connectivity index (χ3n) is 4.05. The first-order chi connectivity index (χ1) is 10.1. The summed E-state index contributed by atoms with van der Waals surface area (Å²) >= 11 is 0. The lowest BCUT2D eigenvalue weighted by Crippen LogP contribution is -2.33. The van der Waals surface area contributed by atoms with Crippen molar-refractivity contribution in [3.63, 3.8) is 0 Å². The summed E-state index contributed by atoms with van der Waals surface area (Å²) in [6, 6.07) is 2.85. The maximum Gasteiger partial charge on any atom is 0.271 e. The van der Waals surface area contributed by atoms with Gasteiger partial charge in [-0.3, -0.25) is 9.59 Å². The van der Waals surface area contributed by atoms with Crippen molar-refractivity contribution in [3.05, 3.63) is 28.2 Å². The molecule has 1 aliphatic carbocycles. The van der Waals surface area contributed by atoms with Crippen LogP contribution in [0, 0.1) is 5.41 Å². The van der Waals surface area contributed by atoms with Crippen LogP contribution in [0.3, 0.4) is 0 Å². The Kier molecular flexibility index (Phi) is 5.12. The molecule has 21 heavy (non-hydrogen) atoms. The smallest absolute Gasteiger partial charge is 0.271 e. The highest BCUT2D eigenvalue weighted by Gasteiger charge is 2.41. The molecule has 1 amide bonds. The van der Waals surface area contributed by atoms with Crippen LogP contribution in [0.4, 0.5) is 0 Å². The maximum atomic E-state index is 12.1. The molecule has 2 N–H and O–H groups in total. The lowest BCUT2D eigenvalue weighted by Gasteiger charge is -2.14. The van der Waals surface area contributed by atoms with Crippen LogP contribution in [-0.2, 0) is 6.54 Å². The molecule has 116 valence electrons. The van der Waals surface area contributed by atoms with E-state index < -0.39 is 0 Å². The summed E-state index contributed by atoms with van der Waals surface area (Å²) in [5.41, 5.74) is 0.158.